The number of methoxy groups -OCH3 is 1. The molecule has 2 aromatic rings. The van der Waals surface area contributed by atoms with Crippen LogP contribution in [0.3, 0.4) is 0 Å². The summed E-state index contributed by atoms with van der Waals surface area (Å²) in [4.78, 5) is 12.3. The van der Waals surface area contributed by atoms with Crippen molar-refractivity contribution in [1.82, 2.24) is 10.6 Å². The van der Waals surface area contributed by atoms with Gasteiger partial charge < -0.3 is 15.4 Å². The maximum atomic E-state index is 12.3. The fraction of sp³-hybridized carbons (Fsp3) is 0.353. The fourth-order valence-electron chi connectivity index (χ4n) is 2.92. The zero-order chi connectivity index (χ0) is 14.7. The van der Waals surface area contributed by atoms with Crippen LogP contribution in [0, 0.1) is 0 Å². The van der Waals surface area contributed by atoms with Gasteiger partial charge in [-0.15, -0.1) is 0 Å². The highest BCUT2D eigenvalue weighted by molar-refractivity contribution is 5.90. The molecule has 3 rings (SSSR count). The molecule has 21 heavy (non-hydrogen) atoms. The molecule has 0 bridgehead atoms. The van der Waals surface area contributed by atoms with Crippen molar-refractivity contribution in [3.63, 3.8) is 0 Å². The maximum Gasteiger partial charge on any atom is 0.224 e. The van der Waals surface area contributed by atoms with Crippen molar-refractivity contribution in [3.05, 3.63) is 48.0 Å². The number of hydrogen-bond donors (Lipinski definition) is 2. The average Bonchev–Trinajstić information content (AvgIpc) is 2.94. The first kappa shape index (κ1) is 14.0. The van der Waals surface area contributed by atoms with Crippen molar-refractivity contribution in [2.75, 3.05) is 20.2 Å². The largest absolute Gasteiger partial charge is 0.378 e. The number of hydrogen-bond acceptors (Lipinski definition) is 3. The van der Waals surface area contributed by atoms with Crippen molar-refractivity contribution in [1.29, 1.82) is 0 Å². The molecule has 1 amide bonds. The highest BCUT2D eigenvalue weighted by Gasteiger charge is 2.28. The van der Waals surface area contributed by atoms with Gasteiger partial charge in [-0.3, -0.25) is 4.79 Å². The van der Waals surface area contributed by atoms with E-state index in [2.05, 4.69) is 28.8 Å². The van der Waals surface area contributed by atoms with Crippen LogP contribution in [0.25, 0.3) is 10.8 Å². The van der Waals surface area contributed by atoms with Crippen LogP contribution in [0.15, 0.2) is 42.5 Å². The number of amides is 1. The topological polar surface area (TPSA) is 50.4 Å². The van der Waals surface area contributed by atoms with Crippen LogP contribution in [0.4, 0.5) is 0 Å². The van der Waals surface area contributed by atoms with E-state index >= 15 is 0 Å². The lowest BCUT2D eigenvalue weighted by atomic mass is 10.0. The highest BCUT2D eigenvalue weighted by Crippen LogP contribution is 2.19. The summed E-state index contributed by atoms with van der Waals surface area (Å²) in [5.41, 5.74) is 1.06. The minimum atomic E-state index is 0.0436. The molecule has 4 nitrogen and oxygen atoms in total. The second kappa shape index (κ2) is 6.24. The predicted octanol–water partition coefficient (Wildman–Crippen LogP) is 1.49. The molecule has 2 atom stereocenters. The molecule has 1 heterocycles. The van der Waals surface area contributed by atoms with Gasteiger partial charge in [-0.05, 0) is 16.3 Å². The molecule has 4 heteroatoms. The Kier molecular flexibility index (Phi) is 4.18. The summed E-state index contributed by atoms with van der Waals surface area (Å²) in [7, 11) is 1.68. The second-order valence-corrected chi connectivity index (χ2v) is 5.42. The minimum absolute atomic E-state index is 0.0436. The van der Waals surface area contributed by atoms with Gasteiger partial charge >= 0.3 is 0 Å². The Bertz CT molecular complexity index is 636. The predicted molar refractivity (Wildman–Crippen MR) is 83.2 cm³/mol. The molecular weight excluding hydrogens is 264 g/mol. The quantitative estimate of drug-likeness (QED) is 0.894. The lowest BCUT2D eigenvalue weighted by Gasteiger charge is -2.18. The van der Waals surface area contributed by atoms with E-state index in [1.54, 1.807) is 7.11 Å². The van der Waals surface area contributed by atoms with Crippen LogP contribution in [0.2, 0.25) is 0 Å². The monoisotopic (exact) mass is 284 g/mol. The van der Waals surface area contributed by atoms with Crippen LogP contribution in [0.5, 0.6) is 0 Å². The van der Waals surface area contributed by atoms with Crippen molar-refractivity contribution < 1.29 is 9.53 Å². The van der Waals surface area contributed by atoms with E-state index in [0.29, 0.717) is 6.42 Å². The number of carbonyl (C=O) groups excluding carboxylic acids is 1. The third kappa shape index (κ3) is 3.06. The number of ether oxygens (including phenoxy) is 1. The first-order chi connectivity index (χ1) is 10.3. The summed E-state index contributed by atoms with van der Waals surface area (Å²) in [6, 6.07) is 14.3. The Morgan fingerprint density at radius 3 is 2.90 bits per heavy atom. The third-order valence-electron chi connectivity index (χ3n) is 4.04. The normalized spacial score (nSPS) is 21.6. The van der Waals surface area contributed by atoms with E-state index < -0.39 is 0 Å². The van der Waals surface area contributed by atoms with Gasteiger partial charge in [0.2, 0.25) is 5.91 Å². The Morgan fingerprint density at radius 1 is 1.24 bits per heavy atom. The van der Waals surface area contributed by atoms with Gasteiger partial charge in [-0.25, -0.2) is 0 Å². The number of carbonyl (C=O) groups is 1. The molecule has 1 aliphatic heterocycles. The molecule has 1 aliphatic rings. The lowest BCUT2D eigenvalue weighted by Crippen LogP contribution is -2.44. The van der Waals surface area contributed by atoms with Crippen molar-refractivity contribution in [2.45, 2.75) is 18.6 Å². The van der Waals surface area contributed by atoms with Gasteiger partial charge in [0.05, 0.1) is 18.6 Å². The molecule has 0 spiro atoms. The Balaban J connectivity index is 1.72. The molecule has 1 unspecified atom stereocenters. The van der Waals surface area contributed by atoms with Crippen molar-refractivity contribution in [2.24, 2.45) is 0 Å². The zero-order valence-electron chi connectivity index (χ0n) is 12.1. The van der Waals surface area contributed by atoms with Crippen molar-refractivity contribution >= 4 is 16.7 Å². The summed E-state index contributed by atoms with van der Waals surface area (Å²) in [6.45, 7) is 1.55. The smallest absolute Gasteiger partial charge is 0.224 e. The fourth-order valence-corrected chi connectivity index (χ4v) is 2.92. The van der Waals surface area contributed by atoms with Gasteiger partial charge in [-0.1, -0.05) is 42.5 Å². The molecule has 1 fully saturated rings. The Labute approximate surface area is 124 Å². The SMILES string of the molecule is CO[C@H]1CNCC1NC(=O)Cc1cccc2ccccc12. The van der Waals surface area contributed by atoms with Gasteiger partial charge in [0.15, 0.2) is 0 Å². The van der Waals surface area contributed by atoms with Gasteiger partial charge in [0.25, 0.3) is 0 Å². The molecule has 2 N–H and O–H groups in total. The summed E-state index contributed by atoms with van der Waals surface area (Å²) in [5.74, 6) is 0.0436. The molecule has 1 saturated heterocycles. The molecule has 2 aromatic carbocycles. The van der Waals surface area contributed by atoms with Crippen LogP contribution in [-0.2, 0) is 16.0 Å². The third-order valence-corrected chi connectivity index (χ3v) is 4.04. The van der Waals surface area contributed by atoms with Crippen LogP contribution in [-0.4, -0.2) is 38.3 Å². The van der Waals surface area contributed by atoms with Crippen LogP contribution < -0.4 is 10.6 Å². The first-order valence-corrected chi connectivity index (χ1v) is 7.27. The molecule has 0 radical (unpaired) electrons. The van der Waals surface area contributed by atoms with Gasteiger partial charge in [0.1, 0.15) is 0 Å². The second-order valence-electron chi connectivity index (χ2n) is 5.42. The van der Waals surface area contributed by atoms with E-state index in [9.17, 15) is 4.79 Å². The van der Waals surface area contributed by atoms with Crippen molar-refractivity contribution in [3.8, 4) is 0 Å². The van der Waals surface area contributed by atoms with Gasteiger partial charge in [-0.2, -0.15) is 0 Å². The van der Waals surface area contributed by atoms with Crippen LogP contribution in [0.1, 0.15) is 5.56 Å². The zero-order valence-corrected chi connectivity index (χ0v) is 12.1. The Hall–Kier alpha value is -1.91. The molecule has 110 valence electrons. The molecule has 0 aromatic heterocycles. The van der Waals surface area contributed by atoms with E-state index in [1.165, 1.54) is 5.39 Å². The lowest BCUT2D eigenvalue weighted by molar-refractivity contribution is -0.121. The van der Waals surface area contributed by atoms with Gasteiger partial charge in [0, 0.05) is 20.2 Å². The number of fused-ring (bicyclic) bond motifs is 1. The molecule has 0 saturated carbocycles. The number of benzene rings is 2. The standard InChI is InChI=1S/C17H20N2O2/c1-21-16-11-18-10-15(16)19-17(20)9-13-7-4-6-12-5-2-3-8-14(12)13/h2-8,15-16,18H,9-11H2,1H3,(H,19,20)/t15?,16-/m0/s1. The van der Waals surface area contributed by atoms with E-state index in [0.717, 1.165) is 24.0 Å². The summed E-state index contributed by atoms with van der Waals surface area (Å²) in [5, 5.41) is 8.61. The summed E-state index contributed by atoms with van der Waals surface area (Å²) in [6.07, 6.45) is 0.454. The maximum absolute atomic E-state index is 12.3. The van der Waals surface area contributed by atoms with E-state index in [-0.39, 0.29) is 18.1 Å². The number of rotatable bonds is 4. The Morgan fingerprint density at radius 2 is 2.05 bits per heavy atom. The first-order valence-electron chi connectivity index (χ1n) is 7.27. The van der Waals surface area contributed by atoms with E-state index in [1.807, 2.05) is 24.3 Å². The summed E-state index contributed by atoms with van der Waals surface area (Å²) < 4.78 is 5.37. The highest BCUT2D eigenvalue weighted by atomic mass is 16.5. The minimum Gasteiger partial charge on any atom is -0.378 e. The van der Waals surface area contributed by atoms with E-state index in [4.69, 9.17) is 4.74 Å². The molecule has 0 aliphatic carbocycles. The summed E-state index contributed by atoms with van der Waals surface area (Å²) >= 11 is 0. The van der Waals surface area contributed by atoms with Crippen LogP contribution >= 0.6 is 0 Å². The average molecular weight is 284 g/mol. The molecular formula is C17H20N2O2. The number of nitrogens with one attached hydrogen (secondary N) is 2.